The molecule has 0 radical (unpaired) electrons. The number of halogens is 1. The molecule has 0 fully saturated rings. The first-order valence-electron chi connectivity index (χ1n) is 4.83. The normalized spacial score (nSPS) is 11.4. The Morgan fingerprint density at radius 3 is 2.65 bits per heavy atom. The number of hydrogen-bond acceptors (Lipinski definition) is 3. The van der Waals surface area contributed by atoms with Gasteiger partial charge in [-0.15, -0.1) is 0 Å². The molecule has 1 amide bonds. The van der Waals surface area contributed by atoms with Crippen molar-refractivity contribution in [3.8, 4) is 6.07 Å². The standard InChI is InChI=1S/C12H11ClN2O2/c1-7-5-9(3-4-11(7)13)15-12(17)10(6-14)8(2)16/h3-5,16H,1-2H3,(H,15,17)/b10-8-. The zero-order valence-electron chi connectivity index (χ0n) is 9.41. The van der Waals surface area contributed by atoms with Gasteiger partial charge < -0.3 is 10.4 Å². The van der Waals surface area contributed by atoms with Gasteiger partial charge in [-0.2, -0.15) is 5.26 Å². The highest BCUT2D eigenvalue weighted by Crippen LogP contribution is 2.19. The number of aliphatic hydroxyl groups is 1. The fourth-order valence-corrected chi connectivity index (χ4v) is 1.33. The van der Waals surface area contributed by atoms with Crippen LogP contribution in [0.15, 0.2) is 29.5 Å². The summed E-state index contributed by atoms with van der Waals surface area (Å²) in [6.07, 6.45) is 0. The third-order valence-electron chi connectivity index (χ3n) is 2.12. The van der Waals surface area contributed by atoms with E-state index in [0.29, 0.717) is 10.7 Å². The number of hydrogen-bond donors (Lipinski definition) is 2. The number of rotatable bonds is 2. The molecule has 0 aliphatic rings. The number of nitriles is 1. The topological polar surface area (TPSA) is 73.1 Å². The summed E-state index contributed by atoms with van der Waals surface area (Å²) in [5.74, 6) is -0.954. The maximum Gasteiger partial charge on any atom is 0.269 e. The van der Waals surface area contributed by atoms with Gasteiger partial charge in [-0.05, 0) is 37.6 Å². The maximum absolute atomic E-state index is 11.6. The van der Waals surface area contributed by atoms with E-state index in [0.717, 1.165) is 5.56 Å². The molecule has 0 atom stereocenters. The summed E-state index contributed by atoms with van der Waals surface area (Å²) in [6, 6.07) is 6.59. The Balaban J connectivity index is 2.93. The van der Waals surface area contributed by atoms with Gasteiger partial charge >= 0.3 is 0 Å². The molecule has 0 heterocycles. The van der Waals surface area contributed by atoms with Gasteiger partial charge in [0.2, 0.25) is 0 Å². The SMILES string of the molecule is C/C(O)=C(\C#N)C(=O)Nc1ccc(Cl)c(C)c1. The molecular formula is C12H11ClN2O2. The molecule has 5 heteroatoms. The van der Waals surface area contributed by atoms with E-state index in [2.05, 4.69) is 5.32 Å². The number of aryl methyl sites for hydroxylation is 1. The first kappa shape index (κ1) is 13.1. The Bertz CT molecular complexity index is 526. The first-order valence-corrected chi connectivity index (χ1v) is 5.21. The molecule has 4 nitrogen and oxygen atoms in total. The average molecular weight is 251 g/mol. The summed E-state index contributed by atoms with van der Waals surface area (Å²) in [5, 5.41) is 20.9. The van der Waals surface area contributed by atoms with Crippen molar-refractivity contribution in [2.75, 3.05) is 5.32 Å². The highest BCUT2D eigenvalue weighted by Gasteiger charge is 2.12. The van der Waals surface area contributed by atoms with Gasteiger partial charge in [-0.1, -0.05) is 11.6 Å². The molecule has 1 aromatic carbocycles. The van der Waals surface area contributed by atoms with Crippen LogP contribution in [0.2, 0.25) is 5.02 Å². The Kier molecular flexibility index (Phi) is 4.13. The van der Waals surface area contributed by atoms with Crippen LogP contribution in [0.3, 0.4) is 0 Å². The van der Waals surface area contributed by atoms with Crippen LogP contribution in [0.4, 0.5) is 5.69 Å². The number of nitrogens with zero attached hydrogens (tertiary/aromatic N) is 1. The minimum atomic E-state index is -0.644. The highest BCUT2D eigenvalue weighted by molar-refractivity contribution is 6.31. The first-order chi connectivity index (χ1) is 7.95. The van der Waals surface area contributed by atoms with Gasteiger partial charge in [-0.25, -0.2) is 0 Å². The third kappa shape index (κ3) is 3.23. The van der Waals surface area contributed by atoms with E-state index < -0.39 is 5.91 Å². The fraction of sp³-hybridized carbons (Fsp3) is 0.167. The lowest BCUT2D eigenvalue weighted by Gasteiger charge is -2.06. The van der Waals surface area contributed by atoms with E-state index in [1.807, 2.05) is 0 Å². The van der Waals surface area contributed by atoms with Crippen LogP contribution in [0.5, 0.6) is 0 Å². The van der Waals surface area contributed by atoms with Crippen LogP contribution in [0, 0.1) is 18.3 Å². The number of benzene rings is 1. The number of aliphatic hydroxyl groups excluding tert-OH is 1. The molecule has 1 rings (SSSR count). The van der Waals surface area contributed by atoms with Crippen molar-refractivity contribution < 1.29 is 9.90 Å². The van der Waals surface area contributed by atoms with Gasteiger partial charge in [0.15, 0.2) is 5.57 Å². The van der Waals surface area contributed by atoms with E-state index in [1.54, 1.807) is 31.2 Å². The van der Waals surface area contributed by atoms with Crippen LogP contribution in [-0.4, -0.2) is 11.0 Å². The molecule has 0 saturated carbocycles. The molecule has 1 aromatic rings. The van der Waals surface area contributed by atoms with Gasteiger partial charge in [0.1, 0.15) is 11.8 Å². The number of anilines is 1. The second-order valence-corrected chi connectivity index (χ2v) is 3.90. The molecule has 0 unspecified atom stereocenters. The van der Waals surface area contributed by atoms with Crippen LogP contribution < -0.4 is 5.32 Å². The molecule has 0 aliphatic carbocycles. The molecule has 0 saturated heterocycles. The Morgan fingerprint density at radius 2 is 2.18 bits per heavy atom. The monoisotopic (exact) mass is 250 g/mol. The molecule has 0 aromatic heterocycles. The van der Waals surface area contributed by atoms with Crippen molar-refractivity contribution in [3.05, 3.63) is 40.1 Å². The number of carbonyl (C=O) groups is 1. The Labute approximate surface area is 104 Å². The molecule has 0 aliphatic heterocycles. The van der Waals surface area contributed by atoms with Gasteiger partial charge in [0.05, 0.1) is 0 Å². The van der Waals surface area contributed by atoms with E-state index >= 15 is 0 Å². The molecular weight excluding hydrogens is 240 g/mol. The smallest absolute Gasteiger partial charge is 0.269 e. The lowest BCUT2D eigenvalue weighted by molar-refractivity contribution is -0.112. The number of allylic oxidation sites excluding steroid dienone is 1. The van der Waals surface area contributed by atoms with Gasteiger partial charge in [-0.3, -0.25) is 4.79 Å². The highest BCUT2D eigenvalue weighted by atomic mass is 35.5. The van der Waals surface area contributed by atoms with Crippen molar-refractivity contribution in [1.29, 1.82) is 5.26 Å². The van der Waals surface area contributed by atoms with Crippen LogP contribution in [0.1, 0.15) is 12.5 Å². The minimum Gasteiger partial charge on any atom is -0.511 e. The minimum absolute atomic E-state index is 0.308. The van der Waals surface area contributed by atoms with Crippen LogP contribution in [-0.2, 0) is 4.79 Å². The van der Waals surface area contributed by atoms with Crippen molar-refractivity contribution in [2.24, 2.45) is 0 Å². The largest absolute Gasteiger partial charge is 0.511 e. The number of amides is 1. The van der Waals surface area contributed by atoms with Crippen LogP contribution >= 0.6 is 11.6 Å². The summed E-state index contributed by atoms with van der Waals surface area (Å²) in [7, 11) is 0. The lowest BCUT2D eigenvalue weighted by Crippen LogP contribution is -2.14. The van der Waals surface area contributed by atoms with Crippen molar-refractivity contribution >= 4 is 23.2 Å². The predicted molar refractivity (Wildman–Crippen MR) is 65.8 cm³/mol. The molecule has 0 bridgehead atoms. The maximum atomic E-state index is 11.6. The second-order valence-electron chi connectivity index (χ2n) is 3.49. The van der Waals surface area contributed by atoms with E-state index in [1.165, 1.54) is 6.92 Å². The zero-order valence-corrected chi connectivity index (χ0v) is 10.2. The lowest BCUT2D eigenvalue weighted by atomic mass is 10.2. The fourth-order valence-electron chi connectivity index (χ4n) is 1.21. The summed E-state index contributed by atoms with van der Waals surface area (Å²) < 4.78 is 0. The summed E-state index contributed by atoms with van der Waals surface area (Å²) >= 11 is 5.84. The van der Waals surface area contributed by atoms with E-state index in [-0.39, 0.29) is 11.3 Å². The van der Waals surface area contributed by atoms with Crippen molar-refractivity contribution in [3.63, 3.8) is 0 Å². The predicted octanol–water partition coefficient (Wildman–Crippen LogP) is 2.94. The average Bonchev–Trinajstić information content (AvgIpc) is 2.24. The molecule has 2 N–H and O–H groups in total. The summed E-state index contributed by atoms with van der Waals surface area (Å²) in [5.41, 5.74) is 1.02. The van der Waals surface area contributed by atoms with Gasteiger partial charge in [0, 0.05) is 10.7 Å². The van der Waals surface area contributed by atoms with Crippen molar-refractivity contribution in [2.45, 2.75) is 13.8 Å². The van der Waals surface area contributed by atoms with Crippen molar-refractivity contribution in [1.82, 2.24) is 0 Å². The molecule has 17 heavy (non-hydrogen) atoms. The van der Waals surface area contributed by atoms with E-state index in [9.17, 15) is 4.79 Å². The molecule has 0 spiro atoms. The third-order valence-corrected chi connectivity index (χ3v) is 2.54. The number of nitrogens with one attached hydrogen (secondary N) is 1. The quantitative estimate of drug-likeness (QED) is 0.481. The zero-order chi connectivity index (χ0) is 13.0. The number of carbonyl (C=O) groups excluding carboxylic acids is 1. The van der Waals surface area contributed by atoms with Gasteiger partial charge in [0.25, 0.3) is 5.91 Å². The van der Waals surface area contributed by atoms with E-state index in [4.69, 9.17) is 22.0 Å². The summed E-state index contributed by atoms with van der Waals surface area (Å²) in [4.78, 5) is 11.6. The molecule has 88 valence electrons. The Hall–Kier alpha value is -1.99. The van der Waals surface area contributed by atoms with Crippen LogP contribution in [0.25, 0.3) is 0 Å². The second kappa shape index (κ2) is 5.37. The summed E-state index contributed by atoms with van der Waals surface area (Å²) in [6.45, 7) is 3.08. The Morgan fingerprint density at radius 1 is 1.53 bits per heavy atom.